The topological polar surface area (TPSA) is 83.7 Å². The van der Waals surface area contributed by atoms with Crippen LogP contribution in [0.2, 0.25) is 0 Å². The van der Waals surface area contributed by atoms with Gasteiger partial charge in [-0.05, 0) is 18.9 Å². The standard InChI is InChI=1S/C14H18N2O4/c1-3-14(18)8-15(9-14)13(17)10(2)11-5-4-6-12(7-11)16(19)20/h4-7,10,18H,3,8-9H2,1-2H3. The highest BCUT2D eigenvalue weighted by Gasteiger charge is 2.43. The van der Waals surface area contributed by atoms with Crippen LogP contribution in [-0.4, -0.2) is 39.5 Å². The lowest BCUT2D eigenvalue weighted by atomic mass is 9.89. The maximum atomic E-state index is 12.3. The molecule has 1 heterocycles. The quantitative estimate of drug-likeness (QED) is 0.671. The van der Waals surface area contributed by atoms with Crippen LogP contribution in [0.4, 0.5) is 5.69 Å². The Morgan fingerprint density at radius 3 is 2.75 bits per heavy atom. The third-order valence-electron chi connectivity index (χ3n) is 3.89. The van der Waals surface area contributed by atoms with E-state index in [1.807, 2.05) is 6.92 Å². The van der Waals surface area contributed by atoms with Crippen LogP contribution in [0.5, 0.6) is 0 Å². The summed E-state index contributed by atoms with van der Waals surface area (Å²) in [6.07, 6.45) is 0.613. The van der Waals surface area contributed by atoms with Crippen molar-refractivity contribution in [2.45, 2.75) is 31.8 Å². The molecule has 1 aliphatic heterocycles. The Bertz CT molecular complexity index is 538. The predicted molar refractivity (Wildman–Crippen MR) is 73.3 cm³/mol. The average molecular weight is 278 g/mol. The predicted octanol–water partition coefficient (Wildman–Crippen LogP) is 1.68. The number of hydrogen-bond acceptors (Lipinski definition) is 4. The number of benzene rings is 1. The molecule has 2 rings (SSSR count). The monoisotopic (exact) mass is 278 g/mol. The summed E-state index contributed by atoms with van der Waals surface area (Å²) in [5, 5.41) is 20.7. The fourth-order valence-corrected chi connectivity index (χ4v) is 2.37. The average Bonchev–Trinajstić information content (AvgIpc) is 2.42. The highest BCUT2D eigenvalue weighted by atomic mass is 16.6. The first-order chi connectivity index (χ1) is 9.36. The Labute approximate surface area is 117 Å². The smallest absolute Gasteiger partial charge is 0.269 e. The van der Waals surface area contributed by atoms with Gasteiger partial charge >= 0.3 is 0 Å². The minimum Gasteiger partial charge on any atom is -0.386 e. The van der Waals surface area contributed by atoms with E-state index in [1.54, 1.807) is 24.0 Å². The zero-order valence-electron chi connectivity index (χ0n) is 11.6. The van der Waals surface area contributed by atoms with Gasteiger partial charge in [0.15, 0.2) is 0 Å². The van der Waals surface area contributed by atoms with E-state index < -0.39 is 16.4 Å². The van der Waals surface area contributed by atoms with Gasteiger partial charge in [-0.1, -0.05) is 19.1 Å². The van der Waals surface area contributed by atoms with Crippen LogP contribution in [0, 0.1) is 10.1 Å². The number of nitro groups is 1. The molecule has 1 aliphatic rings. The minimum atomic E-state index is -0.766. The Kier molecular flexibility index (Phi) is 3.76. The van der Waals surface area contributed by atoms with Gasteiger partial charge in [-0.2, -0.15) is 0 Å². The number of nitrogens with zero attached hydrogens (tertiary/aromatic N) is 2. The summed E-state index contributed by atoms with van der Waals surface area (Å²) in [7, 11) is 0. The first-order valence-corrected chi connectivity index (χ1v) is 6.62. The second kappa shape index (κ2) is 5.20. The molecule has 1 saturated heterocycles. The zero-order valence-corrected chi connectivity index (χ0v) is 11.6. The van der Waals surface area contributed by atoms with Gasteiger partial charge in [-0.15, -0.1) is 0 Å². The second-order valence-corrected chi connectivity index (χ2v) is 5.35. The van der Waals surface area contributed by atoms with Crippen LogP contribution >= 0.6 is 0 Å². The molecule has 1 fully saturated rings. The lowest BCUT2D eigenvalue weighted by Gasteiger charge is -2.47. The number of non-ortho nitro benzene ring substituents is 1. The number of carbonyl (C=O) groups excluding carboxylic acids is 1. The molecule has 1 atom stereocenters. The van der Waals surface area contributed by atoms with Crippen LogP contribution in [0.15, 0.2) is 24.3 Å². The largest absolute Gasteiger partial charge is 0.386 e. The lowest BCUT2D eigenvalue weighted by Crippen LogP contribution is -2.63. The number of β-amino-alcohol motifs (C(OH)–C–C–N with tert-alkyl or cyclic N) is 1. The van der Waals surface area contributed by atoms with Crippen LogP contribution in [0.25, 0.3) is 0 Å². The summed E-state index contributed by atoms with van der Waals surface area (Å²) in [6, 6.07) is 6.12. The maximum absolute atomic E-state index is 12.3. The first-order valence-electron chi connectivity index (χ1n) is 6.62. The van der Waals surface area contributed by atoms with E-state index in [9.17, 15) is 20.0 Å². The minimum absolute atomic E-state index is 0.0178. The molecule has 0 aromatic heterocycles. The van der Waals surface area contributed by atoms with Crippen molar-refractivity contribution in [2.24, 2.45) is 0 Å². The number of rotatable bonds is 4. The SMILES string of the molecule is CCC1(O)CN(C(=O)C(C)c2cccc([N+](=O)[O-])c2)C1. The molecule has 0 spiro atoms. The highest BCUT2D eigenvalue weighted by molar-refractivity contribution is 5.84. The van der Waals surface area contributed by atoms with Gasteiger partial charge < -0.3 is 10.0 Å². The molecule has 1 unspecified atom stereocenters. The fourth-order valence-electron chi connectivity index (χ4n) is 2.37. The second-order valence-electron chi connectivity index (χ2n) is 5.35. The van der Waals surface area contributed by atoms with Gasteiger partial charge in [0.2, 0.25) is 5.91 Å². The summed E-state index contributed by atoms with van der Waals surface area (Å²) in [6.45, 7) is 4.28. The van der Waals surface area contributed by atoms with Crippen molar-refractivity contribution in [3.8, 4) is 0 Å². The molecule has 0 saturated carbocycles. The van der Waals surface area contributed by atoms with Crippen LogP contribution in [0.3, 0.4) is 0 Å². The molecule has 20 heavy (non-hydrogen) atoms. The van der Waals surface area contributed by atoms with Crippen molar-refractivity contribution in [1.82, 2.24) is 4.90 Å². The van der Waals surface area contributed by atoms with Crippen LogP contribution in [0.1, 0.15) is 31.7 Å². The fraction of sp³-hybridized carbons (Fsp3) is 0.500. The zero-order chi connectivity index (χ0) is 14.9. The molecular weight excluding hydrogens is 260 g/mol. The first kappa shape index (κ1) is 14.5. The van der Waals surface area contributed by atoms with E-state index in [2.05, 4.69) is 0 Å². The highest BCUT2D eigenvalue weighted by Crippen LogP contribution is 2.29. The third kappa shape index (κ3) is 2.65. The van der Waals surface area contributed by atoms with Crippen molar-refractivity contribution >= 4 is 11.6 Å². The normalized spacial score (nSPS) is 18.2. The molecular formula is C14H18N2O4. The van der Waals surface area contributed by atoms with E-state index in [4.69, 9.17) is 0 Å². The van der Waals surface area contributed by atoms with E-state index >= 15 is 0 Å². The lowest BCUT2D eigenvalue weighted by molar-refractivity contribution is -0.384. The molecule has 1 amide bonds. The van der Waals surface area contributed by atoms with Gasteiger partial charge in [-0.3, -0.25) is 14.9 Å². The van der Waals surface area contributed by atoms with Crippen molar-refractivity contribution in [3.63, 3.8) is 0 Å². The molecule has 1 aromatic carbocycles. The van der Waals surface area contributed by atoms with Crippen molar-refractivity contribution in [3.05, 3.63) is 39.9 Å². The Morgan fingerprint density at radius 1 is 1.55 bits per heavy atom. The molecule has 0 aliphatic carbocycles. The van der Waals surface area contributed by atoms with Crippen molar-refractivity contribution in [1.29, 1.82) is 0 Å². The van der Waals surface area contributed by atoms with Gasteiger partial charge in [0.05, 0.1) is 29.5 Å². The number of hydrogen-bond donors (Lipinski definition) is 1. The van der Waals surface area contributed by atoms with Gasteiger partial charge in [0.25, 0.3) is 5.69 Å². The Morgan fingerprint density at radius 2 is 2.20 bits per heavy atom. The number of amides is 1. The number of carbonyl (C=O) groups is 1. The summed E-state index contributed by atoms with van der Waals surface area (Å²) in [5.41, 5.74) is -0.162. The summed E-state index contributed by atoms with van der Waals surface area (Å²) >= 11 is 0. The molecule has 6 nitrogen and oxygen atoms in total. The van der Waals surface area contributed by atoms with Crippen LogP contribution in [-0.2, 0) is 4.79 Å². The summed E-state index contributed by atoms with van der Waals surface area (Å²) < 4.78 is 0. The van der Waals surface area contributed by atoms with E-state index in [1.165, 1.54) is 12.1 Å². The molecule has 1 aromatic rings. The molecule has 0 bridgehead atoms. The Balaban J connectivity index is 2.08. The number of likely N-dealkylation sites (tertiary alicyclic amines) is 1. The summed E-state index contributed by atoms with van der Waals surface area (Å²) in [4.78, 5) is 24.1. The molecule has 6 heteroatoms. The Hall–Kier alpha value is -1.95. The van der Waals surface area contributed by atoms with Crippen LogP contribution < -0.4 is 0 Å². The third-order valence-corrected chi connectivity index (χ3v) is 3.89. The van der Waals surface area contributed by atoms with Gasteiger partial charge in [-0.25, -0.2) is 0 Å². The summed E-state index contributed by atoms with van der Waals surface area (Å²) in [5.74, 6) is -0.556. The molecule has 108 valence electrons. The van der Waals surface area contributed by atoms with Gasteiger partial charge in [0.1, 0.15) is 0 Å². The van der Waals surface area contributed by atoms with E-state index in [0.717, 1.165) is 0 Å². The van der Waals surface area contributed by atoms with Crippen molar-refractivity contribution in [2.75, 3.05) is 13.1 Å². The number of nitro benzene ring substituents is 1. The maximum Gasteiger partial charge on any atom is 0.269 e. The van der Waals surface area contributed by atoms with Gasteiger partial charge in [0, 0.05) is 12.1 Å². The molecule has 0 radical (unpaired) electrons. The van der Waals surface area contributed by atoms with E-state index in [0.29, 0.717) is 25.1 Å². The number of aliphatic hydroxyl groups is 1. The van der Waals surface area contributed by atoms with Crippen molar-refractivity contribution < 1.29 is 14.8 Å². The van der Waals surface area contributed by atoms with E-state index in [-0.39, 0.29) is 11.6 Å². The molecule has 1 N–H and O–H groups in total.